The van der Waals surface area contributed by atoms with Crippen LogP contribution in [0.4, 0.5) is 0 Å². The van der Waals surface area contributed by atoms with E-state index < -0.39 is 36.9 Å². The molecule has 0 aliphatic carbocycles. The fourth-order valence-electron chi connectivity index (χ4n) is 7.76. The zero-order valence-electron chi connectivity index (χ0n) is 35.8. The maximum Gasteiger partial charge on any atom is 0.249 e. The van der Waals surface area contributed by atoms with Crippen LogP contribution in [-0.4, -0.2) is 57.3 Å². The molecule has 0 aromatic heterocycles. The summed E-state index contributed by atoms with van der Waals surface area (Å²) < 4.78 is 0. The average Bonchev–Trinajstić information content (AvgIpc) is 3.16. The third kappa shape index (κ3) is 36.7. The molecule has 0 aliphatic heterocycles. The van der Waals surface area contributed by atoms with E-state index in [0.717, 1.165) is 38.5 Å². The minimum atomic E-state index is -1.25. The van der Waals surface area contributed by atoms with Gasteiger partial charge in [0.2, 0.25) is 5.91 Å². The first kappa shape index (κ1) is 52.3. The van der Waals surface area contributed by atoms with E-state index in [2.05, 4.69) is 19.2 Å². The minimum Gasteiger partial charge on any atom is -0.394 e. The van der Waals surface area contributed by atoms with Gasteiger partial charge >= 0.3 is 0 Å². The summed E-state index contributed by atoms with van der Waals surface area (Å²) in [7, 11) is 0. The van der Waals surface area contributed by atoms with Crippen molar-refractivity contribution in [2.45, 2.75) is 289 Å². The Balaban J connectivity index is 3.65. The number of carbonyl (C=O) groups is 1. The molecule has 0 heterocycles. The number of aliphatic hydroxyl groups excluding tert-OH is 4. The van der Waals surface area contributed by atoms with Gasteiger partial charge in [0.05, 0.1) is 18.8 Å². The molecule has 0 saturated carbocycles. The molecule has 0 radical (unpaired) electrons. The number of amides is 1. The van der Waals surface area contributed by atoms with Crippen molar-refractivity contribution in [2.75, 3.05) is 6.61 Å². The summed E-state index contributed by atoms with van der Waals surface area (Å²) in [6.45, 7) is 4.07. The van der Waals surface area contributed by atoms with Gasteiger partial charge in [-0.15, -0.1) is 0 Å². The van der Waals surface area contributed by atoms with Gasteiger partial charge in [0.1, 0.15) is 12.2 Å². The first-order chi connectivity index (χ1) is 26.0. The molecule has 0 rings (SSSR count). The Kier molecular flexibility index (Phi) is 41.9. The van der Waals surface area contributed by atoms with Crippen molar-refractivity contribution in [3.63, 3.8) is 0 Å². The van der Waals surface area contributed by atoms with Gasteiger partial charge in [-0.3, -0.25) is 4.79 Å². The SMILES string of the molecule is CCCCCCCCCCCCCCCCCCCCCCCCC(O)C(O)C(CO)NC(=O)C(O)CCCCCCCCCCCCCCCCC. The Morgan fingerprint density at radius 1 is 0.396 bits per heavy atom. The first-order valence-corrected chi connectivity index (χ1v) is 23.9. The van der Waals surface area contributed by atoms with Gasteiger partial charge in [-0.2, -0.15) is 0 Å². The highest BCUT2D eigenvalue weighted by molar-refractivity contribution is 5.80. The zero-order chi connectivity index (χ0) is 38.9. The van der Waals surface area contributed by atoms with Crippen LogP contribution in [0.25, 0.3) is 0 Å². The second kappa shape index (κ2) is 42.5. The molecule has 1 amide bonds. The topological polar surface area (TPSA) is 110 Å². The van der Waals surface area contributed by atoms with Crippen LogP contribution in [0.2, 0.25) is 0 Å². The molecule has 318 valence electrons. The Bertz CT molecular complexity index is 721. The lowest BCUT2D eigenvalue weighted by molar-refractivity contribution is -0.132. The van der Waals surface area contributed by atoms with E-state index in [1.54, 1.807) is 0 Å². The molecule has 6 nitrogen and oxygen atoms in total. The first-order valence-electron chi connectivity index (χ1n) is 23.9. The van der Waals surface area contributed by atoms with E-state index in [1.165, 1.54) is 199 Å². The third-order valence-electron chi connectivity index (χ3n) is 11.6. The Morgan fingerprint density at radius 2 is 0.642 bits per heavy atom. The van der Waals surface area contributed by atoms with Crippen molar-refractivity contribution in [1.82, 2.24) is 5.32 Å². The average molecular weight is 754 g/mol. The maximum atomic E-state index is 12.5. The van der Waals surface area contributed by atoms with Gasteiger partial charge in [0, 0.05) is 0 Å². The molecule has 53 heavy (non-hydrogen) atoms. The van der Waals surface area contributed by atoms with Crippen LogP contribution < -0.4 is 5.32 Å². The lowest BCUT2D eigenvalue weighted by Gasteiger charge is -2.27. The van der Waals surface area contributed by atoms with Gasteiger partial charge in [-0.1, -0.05) is 251 Å². The number of hydrogen-bond donors (Lipinski definition) is 5. The lowest BCUT2D eigenvalue weighted by Crippen LogP contribution is -2.53. The second-order valence-electron chi connectivity index (χ2n) is 16.8. The van der Waals surface area contributed by atoms with Crippen molar-refractivity contribution >= 4 is 5.91 Å². The number of aliphatic hydroxyl groups is 4. The summed E-state index contributed by atoms with van der Waals surface area (Å²) in [5.74, 6) is -0.579. The number of nitrogens with one attached hydrogen (secondary N) is 1. The Hall–Kier alpha value is -0.690. The van der Waals surface area contributed by atoms with Gasteiger partial charge in [-0.05, 0) is 12.8 Å². The number of hydrogen-bond acceptors (Lipinski definition) is 5. The van der Waals surface area contributed by atoms with E-state index >= 15 is 0 Å². The minimum absolute atomic E-state index is 0.375. The standard InChI is InChI=1S/C47H95NO5/c1-3-5-7-9-11-13-15-17-19-20-21-22-23-24-25-27-28-30-32-34-36-38-40-44(50)46(52)43(42-49)48-47(53)45(51)41-39-37-35-33-31-29-26-18-16-14-12-10-8-6-4-2/h43-46,49-52H,3-42H2,1-2H3,(H,48,53). The van der Waals surface area contributed by atoms with Gasteiger partial charge in [-0.25, -0.2) is 0 Å². The van der Waals surface area contributed by atoms with Crippen LogP contribution >= 0.6 is 0 Å². The molecule has 0 fully saturated rings. The zero-order valence-corrected chi connectivity index (χ0v) is 35.8. The molecule has 0 aromatic carbocycles. The van der Waals surface area contributed by atoms with Crippen LogP contribution in [0, 0.1) is 0 Å². The molecular formula is C47H95NO5. The number of unbranched alkanes of at least 4 members (excludes halogenated alkanes) is 35. The van der Waals surface area contributed by atoms with E-state index in [1.807, 2.05) is 0 Å². The Morgan fingerprint density at radius 3 is 0.906 bits per heavy atom. The molecule has 5 N–H and O–H groups in total. The lowest BCUT2D eigenvalue weighted by atomic mass is 9.99. The van der Waals surface area contributed by atoms with Gasteiger partial charge in [0.25, 0.3) is 0 Å². The van der Waals surface area contributed by atoms with E-state index in [-0.39, 0.29) is 0 Å². The Labute approximate surface area is 330 Å². The van der Waals surface area contributed by atoms with E-state index in [9.17, 15) is 25.2 Å². The molecular weight excluding hydrogens is 659 g/mol. The van der Waals surface area contributed by atoms with Crippen molar-refractivity contribution in [2.24, 2.45) is 0 Å². The smallest absolute Gasteiger partial charge is 0.249 e. The third-order valence-corrected chi connectivity index (χ3v) is 11.6. The summed E-state index contributed by atoms with van der Waals surface area (Å²) in [4.78, 5) is 12.5. The van der Waals surface area contributed by atoms with Crippen LogP contribution in [0.15, 0.2) is 0 Å². The van der Waals surface area contributed by atoms with Gasteiger partial charge in [0.15, 0.2) is 0 Å². The summed E-state index contributed by atoms with van der Waals surface area (Å²) in [5, 5.41) is 43.8. The maximum absolute atomic E-state index is 12.5. The highest BCUT2D eigenvalue weighted by atomic mass is 16.3. The largest absolute Gasteiger partial charge is 0.394 e. The van der Waals surface area contributed by atoms with Crippen LogP contribution in [0.1, 0.15) is 264 Å². The predicted molar refractivity (Wildman–Crippen MR) is 228 cm³/mol. The molecule has 4 unspecified atom stereocenters. The highest BCUT2D eigenvalue weighted by Crippen LogP contribution is 2.18. The molecule has 6 heteroatoms. The summed E-state index contributed by atoms with van der Waals surface area (Å²) in [5.41, 5.74) is 0. The highest BCUT2D eigenvalue weighted by Gasteiger charge is 2.28. The molecule has 0 spiro atoms. The quantitative estimate of drug-likeness (QED) is 0.0398. The molecule has 0 saturated heterocycles. The van der Waals surface area contributed by atoms with Crippen LogP contribution in [0.5, 0.6) is 0 Å². The summed E-state index contributed by atoms with van der Waals surface area (Å²) in [6.07, 6.45) is 45.7. The molecule has 0 bridgehead atoms. The van der Waals surface area contributed by atoms with Crippen molar-refractivity contribution in [3.05, 3.63) is 0 Å². The number of rotatable bonds is 44. The van der Waals surface area contributed by atoms with Crippen molar-refractivity contribution < 1.29 is 25.2 Å². The fraction of sp³-hybridized carbons (Fsp3) is 0.979. The predicted octanol–water partition coefficient (Wildman–Crippen LogP) is 12.8. The van der Waals surface area contributed by atoms with Gasteiger partial charge < -0.3 is 25.7 Å². The van der Waals surface area contributed by atoms with Crippen molar-refractivity contribution in [1.29, 1.82) is 0 Å². The van der Waals surface area contributed by atoms with Crippen molar-refractivity contribution in [3.8, 4) is 0 Å². The molecule has 0 aliphatic rings. The monoisotopic (exact) mass is 754 g/mol. The summed E-state index contributed by atoms with van der Waals surface area (Å²) >= 11 is 0. The van der Waals surface area contributed by atoms with Crippen LogP contribution in [-0.2, 0) is 4.79 Å². The van der Waals surface area contributed by atoms with E-state index in [4.69, 9.17) is 0 Å². The fourth-order valence-corrected chi connectivity index (χ4v) is 7.76. The molecule has 4 atom stereocenters. The number of carbonyl (C=O) groups excluding carboxylic acids is 1. The molecule has 0 aromatic rings. The normalized spacial score (nSPS) is 14.0. The van der Waals surface area contributed by atoms with E-state index in [0.29, 0.717) is 12.8 Å². The summed E-state index contributed by atoms with van der Waals surface area (Å²) in [6, 6.07) is -0.979. The van der Waals surface area contributed by atoms with Crippen LogP contribution in [0.3, 0.4) is 0 Å². The second-order valence-corrected chi connectivity index (χ2v) is 16.8.